The van der Waals surface area contributed by atoms with E-state index in [0.29, 0.717) is 17.1 Å². The van der Waals surface area contributed by atoms with E-state index < -0.39 is 10.0 Å². The number of fused-ring (bicyclic) bond motifs is 1. The minimum absolute atomic E-state index is 0.177. The summed E-state index contributed by atoms with van der Waals surface area (Å²) in [6, 6.07) is 22.0. The molecule has 0 unspecified atom stereocenters. The van der Waals surface area contributed by atoms with E-state index >= 15 is 0 Å². The van der Waals surface area contributed by atoms with Crippen LogP contribution >= 0.6 is 0 Å². The van der Waals surface area contributed by atoms with Gasteiger partial charge in [-0.1, -0.05) is 49.4 Å². The van der Waals surface area contributed by atoms with E-state index in [1.807, 2.05) is 36.4 Å². The number of nitrogens with zero attached hydrogens (tertiary/aromatic N) is 2. The van der Waals surface area contributed by atoms with E-state index in [9.17, 15) is 13.2 Å². The number of hydrogen-bond donors (Lipinski definition) is 2. The molecule has 0 radical (unpaired) electrons. The predicted molar refractivity (Wildman–Crippen MR) is 154 cm³/mol. The van der Waals surface area contributed by atoms with Crippen molar-refractivity contribution < 1.29 is 17.9 Å². The van der Waals surface area contributed by atoms with E-state index in [2.05, 4.69) is 32.8 Å². The van der Waals surface area contributed by atoms with Crippen LogP contribution in [0.2, 0.25) is 0 Å². The Morgan fingerprint density at radius 2 is 1.72 bits per heavy atom. The Balaban J connectivity index is 1.39. The van der Waals surface area contributed by atoms with Gasteiger partial charge < -0.3 is 19.9 Å². The first-order valence-corrected chi connectivity index (χ1v) is 15.1. The van der Waals surface area contributed by atoms with Crippen molar-refractivity contribution in [2.24, 2.45) is 0 Å². The zero-order valence-electron chi connectivity index (χ0n) is 22.3. The molecule has 1 amide bonds. The minimum atomic E-state index is -3.90. The van der Waals surface area contributed by atoms with Crippen LogP contribution in [0.5, 0.6) is 5.75 Å². The van der Waals surface area contributed by atoms with Gasteiger partial charge in [-0.25, -0.2) is 13.1 Å². The molecule has 9 heteroatoms. The maximum atomic E-state index is 14.0. The number of carbonyl (C=O) groups is 1. The largest absolute Gasteiger partial charge is 0.484 e. The summed E-state index contributed by atoms with van der Waals surface area (Å²) in [7, 11) is -3.90. The Morgan fingerprint density at radius 1 is 0.974 bits per heavy atom. The number of rotatable bonds is 9. The van der Waals surface area contributed by atoms with Crippen molar-refractivity contribution >= 4 is 27.3 Å². The third-order valence-electron chi connectivity index (χ3n) is 7.47. The quantitative estimate of drug-likeness (QED) is 0.417. The second-order valence-electron chi connectivity index (χ2n) is 10.0. The zero-order chi connectivity index (χ0) is 27.2. The molecule has 0 bridgehead atoms. The lowest BCUT2D eigenvalue weighted by Crippen LogP contribution is -2.46. The van der Waals surface area contributed by atoms with E-state index in [1.165, 1.54) is 5.56 Å². The lowest BCUT2D eigenvalue weighted by Gasteiger charge is -2.36. The normalized spacial score (nSPS) is 17.9. The number of ether oxygens (including phenoxy) is 1. The van der Waals surface area contributed by atoms with Gasteiger partial charge in [0.2, 0.25) is 10.0 Å². The average molecular weight is 549 g/mol. The fourth-order valence-electron chi connectivity index (χ4n) is 5.36. The number of amides is 1. The number of nitrogens with one attached hydrogen (secondary N) is 2. The molecule has 0 saturated carbocycles. The molecule has 2 N–H and O–H groups in total. The molecular formula is C30H36N4O4S. The molecule has 3 aromatic carbocycles. The highest BCUT2D eigenvalue weighted by atomic mass is 32.2. The molecule has 3 aromatic rings. The Morgan fingerprint density at radius 3 is 2.49 bits per heavy atom. The fourth-order valence-corrected chi connectivity index (χ4v) is 6.86. The van der Waals surface area contributed by atoms with Crippen molar-refractivity contribution in [3.8, 4) is 5.75 Å². The molecule has 1 aliphatic carbocycles. The van der Waals surface area contributed by atoms with Crippen molar-refractivity contribution in [2.45, 2.75) is 37.1 Å². The van der Waals surface area contributed by atoms with Gasteiger partial charge in [0.25, 0.3) is 5.91 Å². The van der Waals surface area contributed by atoms with Crippen LogP contribution < -0.4 is 19.7 Å². The number of carbonyl (C=O) groups excluding carboxylic acids is 1. The Labute approximate surface area is 231 Å². The molecule has 5 rings (SSSR count). The van der Waals surface area contributed by atoms with Crippen LogP contribution in [0.4, 0.5) is 11.4 Å². The van der Waals surface area contributed by atoms with Gasteiger partial charge in [-0.2, -0.15) is 0 Å². The van der Waals surface area contributed by atoms with Crippen molar-refractivity contribution in [1.82, 2.24) is 9.62 Å². The third-order valence-corrected chi connectivity index (χ3v) is 8.97. The molecule has 1 heterocycles. The molecule has 1 aliphatic heterocycles. The van der Waals surface area contributed by atoms with Gasteiger partial charge in [-0.15, -0.1) is 0 Å². The summed E-state index contributed by atoms with van der Waals surface area (Å²) in [5.74, 6) is 0.232. The molecule has 0 aromatic heterocycles. The SMILES string of the molecule is CCN1CCN(c2ccc(NC(=O)COc3ccccc3)cc2S(=O)(=O)N[C@H]2CCCc3ccccc32)CC1. The van der Waals surface area contributed by atoms with Gasteiger partial charge in [0.15, 0.2) is 6.61 Å². The Hall–Kier alpha value is -3.40. The fraction of sp³-hybridized carbons (Fsp3) is 0.367. The van der Waals surface area contributed by atoms with Gasteiger partial charge in [-0.3, -0.25) is 4.79 Å². The van der Waals surface area contributed by atoms with Crippen LogP contribution in [0.15, 0.2) is 77.7 Å². The van der Waals surface area contributed by atoms with Crippen molar-refractivity contribution in [3.05, 3.63) is 83.9 Å². The van der Waals surface area contributed by atoms with Gasteiger partial charge >= 0.3 is 0 Å². The number of aryl methyl sites for hydroxylation is 1. The highest BCUT2D eigenvalue weighted by Crippen LogP contribution is 2.34. The maximum absolute atomic E-state index is 14.0. The van der Waals surface area contributed by atoms with E-state index in [4.69, 9.17) is 4.74 Å². The molecule has 2 aliphatic rings. The second kappa shape index (κ2) is 12.2. The lowest BCUT2D eigenvalue weighted by atomic mass is 9.88. The number of sulfonamides is 1. The van der Waals surface area contributed by atoms with Crippen LogP contribution in [0.1, 0.15) is 36.9 Å². The summed E-state index contributed by atoms with van der Waals surface area (Å²) in [6.07, 6.45) is 2.62. The smallest absolute Gasteiger partial charge is 0.262 e. The number of para-hydroxylation sites is 1. The third kappa shape index (κ3) is 6.61. The summed E-state index contributed by atoms with van der Waals surface area (Å²) in [4.78, 5) is 17.3. The van der Waals surface area contributed by atoms with Crippen molar-refractivity contribution in [2.75, 3.05) is 49.5 Å². The van der Waals surface area contributed by atoms with Crippen LogP contribution in [0.25, 0.3) is 0 Å². The summed E-state index contributed by atoms with van der Waals surface area (Å²) in [5.41, 5.74) is 3.29. The Bertz CT molecular complexity index is 1390. The molecule has 206 valence electrons. The van der Waals surface area contributed by atoms with Crippen LogP contribution in [0, 0.1) is 0 Å². The van der Waals surface area contributed by atoms with Gasteiger partial charge in [0.1, 0.15) is 10.6 Å². The lowest BCUT2D eigenvalue weighted by molar-refractivity contribution is -0.118. The predicted octanol–water partition coefficient (Wildman–Crippen LogP) is 4.20. The highest BCUT2D eigenvalue weighted by molar-refractivity contribution is 7.89. The number of hydrogen-bond acceptors (Lipinski definition) is 6. The van der Waals surface area contributed by atoms with Crippen molar-refractivity contribution in [1.29, 1.82) is 0 Å². The van der Waals surface area contributed by atoms with E-state index in [0.717, 1.165) is 57.5 Å². The van der Waals surface area contributed by atoms with Gasteiger partial charge in [0, 0.05) is 37.9 Å². The highest BCUT2D eigenvalue weighted by Gasteiger charge is 2.30. The van der Waals surface area contributed by atoms with E-state index in [-0.39, 0.29) is 23.5 Å². The standard InChI is InChI=1S/C30H36N4O4S/c1-2-33-17-19-34(20-18-33)28-16-15-24(31-30(35)22-38-25-11-4-3-5-12-25)21-29(28)39(36,37)32-27-14-8-10-23-9-6-7-13-26(23)27/h3-7,9,11-13,15-16,21,27,32H,2,8,10,14,17-20,22H2,1H3,(H,31,35)/t27-/m0/s1. The van der Waals surface area contributed by atoms with Gasteiger partial charge in [-0.05, 0) is 67.3 Å². The van der Waals surface area contributed by atoms with Crippen molar-refractivity contribution in [3.63, 3.8) is 0 Å². The van der Waals surface area contributed by atoms with Crippen LogP contribution in [-0.4, -0.2) is 58.6 Å². The number of likely N-dealkylation sites (N-methyl/N-ethyl adjacent to an activating group) is 1. The summed E-state index contributed by atoms with van der Waals surface area (Å²) in [5, 5.41) is 2.81. The summed E-state index contributed by atoms with van der Waals surface area (Å²) in [6.45, 7) is 6.14. The Kier molecular flexibility index (Phi) is 8.50. The summed E-state index contributed by atoms with van der Waals surface area (Å²) >= 11 is 0. The first-order chi connectivity index (χ1) is 18.9. The molecule has 39 heavy (non-hydrogen) atoms. The number of piperazine rings is 1. The maximum Gasteiger partial charge on any atom is 0.262 e. The van der Waals surface area contributed by atoms with Crippen LogP contribution in [0.3, 0.4) is 0 Å². The average Bonchev–Trinajstić information content (AvgIpc) is 2.97. The molecule has 0 spiro atoms. The second-order valence-corrected chi connectivity index (χ2v) is 11.7. The first kappa shape index (κ1) is 27.2. The van der Waals surface area contributed by atoms with Crippen LogP contribution in [-0.2, 0) is 21.2 Å². The first-order valence-electron chi connectivity index (χ1n) is 13.6. The zero-order valence-corrected chi connectivity index (χ0v) is 23.1. The van der Waals surface area contributed by atoms with Gasteiger partial charge in [0.05, 0.1) is 5.69 Å². The molecule has 1 fully saturated rings. The molecule has 1 saturated heterocycles. The number of benzene rings is 3. The van der Waals surface area contributed by atoms with E-state index in [1.54, 1.807) is 30.3 Å². The molecule has 8 nitrogen and oxygen atoms in total. The molecule has 1 atom stereocenters. The monoisotopic (exact) mass is 548 g/mol. The minimum Gasteiger partial charge on any atom is -0.484 e. The topological polar surface area (TPSA) is 91.0 Å². The number of anilines is 2. The molecular weight excluding hydrogens is 512 g/mol. The summed E-state index contributed by atoms with van der Waals surface area (Å²) < 4.78 is 36.5.